The third kappa shape index (κ3) is 1.99. The number of methoxy groups -OCH3 is 1. The summed E-state index contributed by atoms with van der Waals surface area (Å²) in [6.07, 6.45) is -0.502. The average Bonchev–Trinajstić information content (AvgIpc) is 2.04. The Morgan fingerprint density at radius 3 is 2.67 bits per heavy atom. The van der Waals surface area contributed by atoms with Gasteiger partial charge in [0.15, 0.2) is 0 Å². The van der Waals surface area contributed by atoms with Crippen LogP contribution in [0.3, 0.4) is 0 Å². The van der Waals surface area contributed by atoms with Crippen LogP contribution in [0.2, 0.25) is 0 Å². The third-order valence-corrected chi connectivity index (χ3v) is 2.14. The first-order valence-electron chi connectivity index (χ1n) is 3.66. The van der Waals surface area contributed by atoms with Crippen molar-refractivity contribution in [3.63, 3.8) is 0 Å². The summed E-state index contributed by atoms with van der Waals surface area (Å²) in [6.45, 7) is 1.71. The fourth-order valence-corrected chi connectivity index (χ4v) is 1.41. The number of hydrogen-bond donors (Lipinski definition) is 1. The van der Waals surface area contributed by atoms with Crippen LogP contribution in [0.4, 0.5) is 0 Å². The zero-order chi connectivity index (χ0) is 9.14. The maximum atomic E-state index is 9.36. The summed E-state index contributed by atoms with van der Waals surface area (Å²) in [7, 11) is 1.59. The molecule has 0 saturated heterocycles. The summed E-state index contributed by atoms with van der Waals surface area (Å²) in [4.78, 5) is 0. The Kier molecular flexibility index (Phi) is 3.12. The molecular weight excluding hydrogens is 220 g/mol. The predicted octanol–water partition coefficient (Wildman–Crippen LogP) is 2.51. The number of aliphatic hydroxyl groups excluding tert-OH is 1. The summed E-state index contributed by atoms with van der Waals surface area (Å²) in [5.74, 6) is 0.716. The molecule has 0 heterocycles. The van der Waals surface area contributed by atoms with E-state index >= 15 is 0 Å². The minimum atomic E-state index is -0.502. The van der Waals surface area contributed by atoms with Crippen LogP contribution >= 0.6 is 15.9 Å². The van der Waals surface area contributed by atoms with Gasteiger partial charge in [-0.2, -0.15) is 0 Å². The standard InChI is InChI=1S/C9H11BrO2/c1-6(11)8-5-7(10)3-4-9(8)12-2/h3-6,11H,1-2H3/t6-/m0/s1. The molecule has 0 fully saturated rings. The fourth-order valence-electron chi connectivity index (χ4n) is 1.03. The highest BCUT2D eigenvalue weighted by Gasteiger charge is 2.07. The Labute approximate surface area is 80.3 Å². The number of hydrogen-bond acceptors (Lipinski definition) is 2. The van der Waals surface area contributed by atoms with Gasteiger partial charge in [0.25, 0.3) is 0 Å². The molecule has 0 saturated carbocycles. The number of halogens is 1. The van der Waals surface area contributed by atoms with Crippen LogP contribution in [0.25, 0.3) is 0 Å². The Balaban J connectivity index is 3.12. The molecule has 12 heavy (non-hydrogen) atoms. The Morgan fingerprint density at radius 1 is 1.50 bits per heavy atom. The van der Waals surface area contributed by atoms with E-state index < -0.39 is 6.10 Å². The normalized spacial score (nSPS) is 12.7. The maximum Gasteiger partial charge on any atom is 0.124 e. The lowest BCUT2D eigenvalue weighted by atomic mass is 10.1. The highest BCUT2D eigenvalue weighted by Crippen LogP contribution is 2.27. The van der Waals surface area contributed by atoms with Gasteiger partial charge in [-0.1, -0.05) is 15.9 Å². The Bertz CT molecular complexity index is 271. The van der Waals surface area contributed by atoms with Crippen molar-refractivity contribution in [2.24, 2.45) is 0 Å². The van der Waals surface area contributed by atoms with E-state index in [9.17, 15) is 5.11 Å². The van der Waals surface area contributed by atoms with Gasteiger partial charge in [0, 0.05) is 10.0 Å². The van der Waals surface area contributed by atoms with Crippen molar-refractivity contribution in [2.45, 2.75) is 13.0 Å². The van der Waals surface area contributed by atoms with Crippen LogP contribution in [0, 0.1) is 0 Å². The van der Waals surface area contributed by atoms with Gasteiger partial charge < -0.3 is 9.84 Å². The molecule has 0 aromatic heterocycles. The molecule has 0 spiro atoms. The largest absolute Gasteiger partial charge is 0.496 e. The second kappa shape index (κ2) is 3.92. The lowest BCUT2D eigenvalue weighted by Crippen LogP contribution is -1.95. The van der Waals surface area contributed by atoms with Crippen molar-refractivity contribution >= 4 is 15.9 Å². The van der Waals surface area contributed by atoms with Crippen molar-refractivity contribution in [1.82, 2.24) is 0 Å². The van der Waals surface area contributed by atoms with Crippen molar-refractivity contribution < 1.29 is 9.84 Å². The van der Waals surface area contributed by atoms with Gasteiger partial charge in [-0.3, -0.25) is 0 Å². The van der Waals surface area contributed by atoms with Gasteiger partial charge in [0.05, 0.1) is 13.2 Å². The van der Waals surface area contributed by atoms with Gasteiger partial charge in [0.1, 0.15) is 5.75 Å². The third-order valence-electron chi connectivity index (χ3n) is 1.64. The van der Waals surface area contributed by atoms with Crippen LogP contribution in [0.1, 0.15) is 18.6 Å². The van der Waals surface area contributed by atoms with Crippen molar-refractivity contribution in [2.75, 3.05) is 7.11 Å². The molecule has 0 bridgehead atoms. The molecule has 2 nitrogen and oxygen atoms in total. The molecular formula is C9H11BrO2. The monoisotopic (exact) mass is 230 g/mol. The lowest BCUT2D eigenvalue weighted by molar-refractivity contribution is 0.194. The van der Waals surface area contributed by atoms with Gasteiger partial charge in [-0.15, -0.1) is 0 Å². The molecule has 3 heteroatoms. The Morgan fingerprint density at radius 2 is 2.17 bits per heavy atom. The number of rotatable bonds is 2. The fraction of sp³-hybridized carbons (Fsp3) is 0.333. The summed E-state index contributed by atoms with van der Waals surface area (Å²) in [6, 6.07) is 5.56. The molecule has 1 aromatic carbocycles. The number of ether oxygens (including phenoxy) is 1. The van der Waals surface area contributed by atoms with Gasteiger partial charge in [-0.25, -0.2) is 0 Å². The summed E-state index contributed by atoms with van der Waals surface area (Å²) in [5, 5.41) is 9.36. The first kappa shape index (κ1) is 9.55. The van der Waals surface area contributed by atoms with E-state index in [1.807, 2.05) is 18.2 Å². The van der Waals surface area contributed by atoms with E-state index in [0.717, 1.165) is 10.0 Å². The average molecular weight is 231 g/mol. The molecule has 0 aliphatic carbocycles. The molecule has 1 atom stereocenters. The number of benzene rings is 1. The van der Waals surface area contributed by atoms with Crippen molar-refractivity contribution in [1.29, 1.82) is 0 Å². The Hall–Kier alpha value is -0.540. The SMILES string of the molecule is COc1ccc(Br)cc1[C@H](C)O. The van der Waals surface area contributed by atoms with E-state index in [2.05, 4.69) is 15.9 Å². The molecule has 0 amide bonds. The quantitative estimate of drug-likeness (QED) is 0.847. The molecule has 1 aromatic rings. The topological polar surface area (TPSA) is 29.5 Å². The molecule has 1 rings (SSSR count). The second-order valence-corrected chi connectivity index (χ2v) is 3.48. The van der Waals surface area contributed by atoms with E-state index in [4.69, 9.17) is 4.74 Å². The maximum absolute atomic E-state index is 9.36. The van der Waals surface area contributed by atoms with Crippen LogP contribution in [-0.2, 0) is 0 Å². The van der Waals surface area contributed by atoms with E-state index in [1.54, 1.807) is 14.0 Å². The first-order valence-corrected chi connectivity index (χ1v) is 4.46. The highest BCUT2D eigenvalue weighted by molar-refractivity contribution is 9.10. The summed E-state index contributed by atoms with van der Waals surface area (Å²) >= 11 is 3.33. The van der Waals surface area contributed by atoms with Crippen LogP contribution in [-0.4, -0.2) is 12.2 Å². The first-order chi connectivity index (χ1) is 5.65. The zero-order valence-electron chi connectivity index (χ0n) is 7.04. The smallest absolute Gasteiger partial charge is 0.124 e. The minimum absolute atomic E-state index is 0.502. The lowest BCUT2D eigenvalue weighted by Gasteiger charge is -2.10. The van der Waals surface area contributed by atoms with E-state index in [0.29, 0.717) is 5.75 Å². The summed E-state index contributed by atoms with van der Waals surface area (Å²) in [5.41, 5.74) is 0.798. The van der Waals surface area contributed by atoms with Crippen molar-refractivity contribution in [3.05, 3.63) is 28.2 Å². The second-order valence-electron chi connectivity index (χ2n) is 2.56. The van der Waals surface area contributed by atoms with Gasteiger partial charge in [-0.05, 0) is 25.1 Å². The van der Waals surface area contributed by atoms with Gasteiger partial charge in [0.2, 0.25) is 0 Å². The van der Waals surface area contributed by atoms with Crippen LogP contribution < -0.4 is 4.74 Å². The highest BCUT2D eigenvalue weighted by atomic mass is 79.9. The predicted molar refractivity (Wildman–Crippen MR) is 51.3 cm³/mol. The summed E-state index contributed by atoms with van der Waals surface area (Å²) < 4.78 is 6.02. The minimum Gasteiger partial charge on any atom is -0.496 e. The molecule has 66 valence electrons. The molecule has 0 aliphatic rings. The van der Waals surface area contributed by atoms with E-state index in [1.165, 1.54) is 0 Å². The molecule has 0 radical (unpaired) electrons. The zero-order valence-corrected chi connectivity index (χ0v) is 8.63. The molecule has 0 aliphatic heterocycles. The van der Waals surface area contributed by atoms with Crippen LogP contribution in [0.5, 0.6) is 5.75 Å². The van der Waals surface area contributed by atoms with Crippen LogP contribution in [0.15, 0.2) is 22.7 Å². The van der Waals surface area contributed by atoms with Gasteiger partial charge >= 0.3 is 0 Å². The van der Waals surface area contributed by atoms with E-state index in [-0.39, 0.29) is 0 Å². The molecule has 0 unspecified atom stereocenters. The number of aliphatic hydroxyl groups is 1. The molecule has 1 N–H and O–H groups in total. The van der Waals surface area contributed by atoms with Crippen molar-refractivity contribution in [3.8, 4) is 5.75 Å².